The number of aromatic carboxylic acids is 1. The lowest BCUT2D eigenvalue weighted by Gasteiger charge is -2.14. The molecule has 1 unspecified atom stereocenters. The molecule has 0 aliphatic rings. The minimum absolute atomic E-state index is 0.112. The molecule has 0 amide bonds. The normalized spacial score (nSPS) is 12.0. The first-order valence-electron chi connectivity index (χ1n) is 7.58. The largest absolute Gasteiger partial charge is 0.476 e. The first kappa shape index (κ1) is 16.6. The van der Waals surface area contributed by atoms with Gasteiger partial charge in [-0.15, -0.1) is 0 Å². The van der Waals surface area contributed by atoms with Crippen molar-refractivity contribution in [2.24, 2.45) is 0 Å². The number of rotatable bonds is 5. The van der Waals surface area contributed by atoms with Gasteiger partial charge in [-0.1, -0.05) is 0 Å². The van der Waals surface area contributed by atoms with Gasteiger partial charge in [-0.2, -0.15) is 5.10 Å². The zero-order valence-corrected chi connectivity index (χ0v) is 13.6. The van der Waals surface area contributed by atoms with Gasteiger partial charge in [0.25, 0.3) is 0 Å². The lowest BCUT2D eigenvalue weighted by Crippen LogP contribution is -2.10. The van der Waals surface area contributed by atoms with Crippen molar-refractivity contribution in [3.63, 3.8) is 0 Å². The summed E-state index contributed by atoms with van der Waals surface area (Å²) in [5.41, 5.74) is 2.50. The topological polar surface area (TPSA) is 92.9 Å². The molecule has 0 saturated heterocycles. The van der Waals surface area contributed by atoms with Crippen LogP contribution in [0.1, 0.15) is 34.7 Å². The number of carbonyl (C=O) groups is 1. The number of carboxylic acids is 1. The predicted octanol–water partition coefficient (Wildman–Crippen LogP) is 2.98. The van der Waals surface area contributed by atoms with Crippen LogP contribution in [0, 0.1) is 12.7 Å². The van der Waals surface area contributed by atoms with Crippen molar-refractivity contribution in [3.8, 4) is 5.69 Å². The minimum atomic E-state index is -1.12. The molecule has 7 nitrogen and oxygen atoms in total. The van der Waals surface area contributed by atoms with Crippen LogP contribution in [0.25, 0.3) is 5.69 Å². The van der Waals surface area contributed by atoms with Crippen LogP contribution in [0.4, 0.5) is 10.2 Å². The quantitative estimate of drug-likeness (QED) is 0.741. The lowest BCUT2D eigenvalue weighted by atomic mass is 10.1. The molecule has 0 spiro atoms. The Morgan fingerprint density at radius 3 is 2.52 bits per heavy atom. The van der Waals surface area contributed by atoms with E-state index < -0.39 is 5.97 Å². The molecular weight excluding hydrogens is 325 g/mol. The summed E-state index contributed by atoms with van der Waals surface area (Å²) in [6.07, 6.45) is 4.31. The van der Waals surface area contributed by atoms with E-state index in [0.717, 1.165) is 16.9 Å². The number of anilines is 1. The molecule has 2 aromatic heterocycles. The molecule has 2 heterocycles. The lowest BCUT2D eigenvalue weighted by molar-refractivity contribution is 0.0690. The van der Waals surface area contributed by atoms with Gasteiger partial charge in [0.05, 0.1) is 30.3 Å². The number of nitrogens with one attached hydrogen (secondary N) is 1. The molecule has 0 aliphatic carbocycles. The fraction of sp³-hybridized carbons (Fsp3) is 0.176. The summed E-state index contributed by atoms with van der Waals surface area (Å²) in [5, 5.41) is 16.4. The van der Waals surface area contributed by atoms with Gasteiger partial charge in [0.1, 0.15) is 11.6 Å². The first-order valence-corrected chi connectivity index (χ1v) is 7.58. The second kappa shape index (κ2) is 6.68. The van der Waals surface area contributed by atoms with Crippen molar-refractivity contribution in [3.05, 3.63) is 65.6 Å². The standard InChI is InChI=1S/C17H16FN5O2/c1-10(22-16-9-19-15(8-20-16)17(24)25)14-7-21-23(11(14)2)13-5-3-12(18)4-6-13/h3-10H,1-2H3,(H,20,22)(H,24,25). The van der Waals surface area contributed by atoms with Gasteiger partial charge in [-0.05, 0) is 38.1 Å². The SMILES string of the molecule is Cc1c(C(C)Nc2cnc(C(=O)O)cn2)cnn1-c1ccc(F)cc1. The zero-order valence-electron chi connectivity index (χ0n) is 13.6. The van der Waals surface area contributed by atoms with Gasteiger partial charge in [0, 0.05) is 11.3 Å². The van der Waals surface area contributed by atoms with Gasteiger partial charge in [0.2, 0.25) is 0 Å². The average molecular weight is 341 g/mol. The van der Waals surface area contributed by atoms with Crippen LogP contribution < -0.4 is 5.32 Å². The molecule has 2 N–H and O–H groups in total. The Bertz CT molecular complexity index is 890. The highest BCUT2D eigenvalue weighted by atomic mass is 19.1. The van der Waals surface area contributed by atoms with Crippen LogP contribution in [0.5, 0.6) is 0 Å². The summed E-state index contributed by atoms with van der Waals surface area (Å²) < 4.78 is 14.8. The Hall–Kier alpha value is -3.29. The maximum atomic E-state index is 13.1. The monoisotopic (exact) mass is 341 g/mol. The summed E-state index contributed by atoms with van der Waals surface area (Å²) in [6, 6.07) is 5.97. The fourth-order valence-electron chi connectivity index (χ4n) is 2.50. The third-order valence-corrected chi connectivity index (χ3v) is 3.82. The highest BCUT2D eigenvalue weighted by molar-refractivity contribution is 5.84. The molecule has 0 radical (unpaired) electrons. The van der Waals surface area contributed by atoms with Gasteiger partial charge in [0.15, 0.2) is 5.69 Å². The van der Waals surface area contributed by atoms with Crippen LogP contribution >= 0.6 is 0 Å². The van der Waals surface area contributed by atoms with Crippen LogP contribution in [0.15, 0.2) is 42.9 Å². The smallest absolute Gasteiger partial charge is 0.356 e. The van der Waals surface area contributed by atoms with Crippen LogP contribution in [-0.2, 0) is 0 Å². The van der Waals surface area contributed by atoms with Crippen molar-refractivity contribution < 1.29 is 14.3 Å². The number of hydrogen-bond donors (Lipinski definition) is 2. The number of halogens is 1. The maximum Gasteiger partial charge on any atom is 0.356 e. The first-order chi connectivity index (χ1) is 12.0. The van der Waals surface area contributed by atoms with E-state index >= 15 is 0 Å². The van der Waals surface area contributed by atoms with Crippen molar-refractivity contribution in [2.75, 3.05) is 5.32 Å². The van der Waals surface area contributed by atoms with Gasteiger partial charge in [-0.25, -0.2) is 23.8 Å². The Kier molecular flexibility index (Phi) is 4.42. The molecule has 1 atom stereocenters. The fourth-order valence-corrected chi connectivity index (χ4v) is 2.50. The highest BCUT2D eigenvalue weighted by Gasteiger charge is 2.15. The average Bonchev–Trinajstić information content (AvgIpc) is 2.98. The van der Waals surface area contributed by atoms with Gasteiger partial charge < -0.3 is 10.4 Å². The third-order valence-electron chi connectivity index (χ3n) is 3.82. The summed E-state index contributed by atoms with van der Waals surface area (Å²) in [6.45, 7) is 3.86. The molecule has 0 saturated carbocycles. The summed E-state index contributed by atoms with van der Waals surface area (Å²) in [7, 11) is 0. The predicted molar refractivity (Wildman–Crippen MR) is 89.3 cm³/mol. The van der Waals surface area contributed by atoms with E-state index in [-0.39, 0.29) is 17.6 Å². The molecule has 25 heavy (non-hydrogen) atoms. The van der Waals surface area contributed by atoms with Crippen LogP contribution in [0.2, 0.25) is 0 Å². The number of aromatic nitrogens is 4. The van der Waals surface area contributed by atoms with E-state index in [2.05, 4.69) is 20.4 Å². The van der Waals surface area contributed by atoms with Crippen molar-refractivity contribution in [2.45, 2.75) is 19.9 Å². The van der Waals surface area contributed by atoms with Crippen LogP contribution in [-0.4, -0.2) is 30.8 Å². The Morgan fingerprint density at radius 2 is 1.92 bits per heavy atom. The van der Waals surface area contributed by atoms with Crippen molar-refractivity contribution >= 4 is 11.8 Å². The molecule has 0 bridgehead atoms. The molecule has 8 heteroatoms. The summed E-state index contributed by atoms with van der Waals surface area (Å²) in [4.78, 5) is 18.7. The van der Waals surface area contributed by atoms with E-state index in [1.54, 1.807) is 23.0 Å². The van der Waals surface area contributed by atoms with E-state index in [9.17, 15) is 9.18 Å². The summed E-state index contributed by atoms with van der Waals surface area (Å²) >= 11 is 0. The molecular formula is C17H16FN5O2. The Labute approximate surface area is 143 Å². The zero-order chi connectivity index (χ0) is 18.0. The molecule has 128 valence electrons. The number of carboxylic acid groups (broad SMARTS) is 1. The van der Waals surface area contributed by atoms with Gasteiger partial charge >= 0.3 is 5.97 Å². The second-order valence-electron chi connectivity index (χ2n) is 5.53. The Balaban J connectivity index is 1.79. The number of hydrogen-bond acceptors (Lipinski definition) is 5. The molecule has 0 aliphatic heterocycles. The van der Waals surface area contributed by atoms with E-state index in [1.807, 2.05) is 13.8 Å². The minimum Gasteiger partial charge on any atom is -0.476 e. The van der Waals surface area contributed by atoms with Crippen molar-refractivity contribution in [1.29, 1.82) is 0 Å². The third kappa shape index (κ3) is 3.47. The maximum absolute atomic E-state index is 13.1. The van der Waals surface area contributed by atoms with E-state index in [4.69, 9.17) is 5.11 Å². The van der Waals surface area contributed by atoms with Crippen molar-refractivity contribution in [1.82, 2.24) is 19.7 Å². The van der Waals surface area contributed by atoms with E-state index in [0.29, 0.717) is 5.82 Å². The molecule has 3 rings (SSSR count). The highest BCUT2D eigenvalue weighted by Crippen LogP contribution is 2.23. The molecule has 0 fully saturated rings. The Morgan fingerprint density at radius 1 is 1.20 bits per heavy atom. The number of nitrogens with zero attached hydrogens (tertiary/aromatic N) is 4. The van der Waals surface area contributed by atoms with E-state index in [1.165, 1.54) is 24.5 Å². The van der Waals surface area contributed by atoms with Gasteiger partial charge in [-0.3, -0.25) is 0 Å². The van der Waals surface area contributed by atoms with Crippen LogP contribution in [0.3, 0.4) is 0 Å². The summed E-state index contributed by atoms with van der Waals surface area (Å²) in [5.74, 6) is -0.956. The number of benzene rings is 1. The molecule has 3 aromatic rings. The molecule has 1 aromatic carbocycles. The second-order valence-corrected chi connectivity index (χ2v) is 5.53.